The molecule has 1 aliphatic heterocycles. The summed E-state index contributed by atoms with van der Waals surface area (Å²) in [6.45, 7) is -0.603. The van der Waals surface area contributed by atoms with E-state index in [1.54, 1.807) is 0 Å². The number of nitrogens with zero attached hydrogens (tertiary/aromatic N) is 2. The van der Waals surface area contributed by atoms with E-state index in [1.807, 2.05) is 0 Å². The summed E-state index contributed by atoms with van der Waals surface area (Å²) in [7, 11) is 0. The standard InChI is InChI=1S/C9H13N5O4/c10-9-12-7-6(8(18)13-9)11-3-14(7)1-4(16)5(17)2-15/h5,11,15,17H,1-3H2,(H3,10,12,13,18). The number of H-pyrrole nitrogens is 1. The first-order chi connectivity index (χ1) is 8.52. The highest BCUT2D eigenvalue weighted by Gasteiger charge is 2.27. The van der Waals surface area contributed by atoms with Gasteiger partial charge in [-0.25, -0.2) is 0 Å². The minimum Gasteiger partial charge on any atom is -0.393 e. The van der Waals surface area contributed by atoms with Crippen LogP contribution in [0.4, 0.5) is 17.5 Å². The molecule has 0 spiro atoms. The molecule has 9 nitrogen and oxygen atoms in total. The van der Waals surface area contributed by atoms with E-state index < -0.39 is 24.1 Å². The molecule has 0 fully saturated rings. The number of aliphatic hydroxyl groups is 2. The number of rotatable bonds is 4. The van der Waals surface area contributed by atoms with E-state index in [0.29, 0.717) is 0 Å². The number of aromatic nitrogens is 2. The Kier molecular flexibility index (Phi) is 3.17. The lowest BCUT2D eigenvalue weighted by molar-refractivity contribution is -0.127. The molecule has 0 aliphatic carbocycles. The molecule has 1 atom stereocenters. The van der Waals surface area contributed by atoms with Gasteiger partial charge in [0.05, 0.1) is 19.8 Å². The number of aliphatic hydroxyl groups excluding tert-OH is 2. The molecule has 2 rings (SSSR count). The highest BCUT2D eigenvalue weighted by molar-refractivity contribution is 5.89. The van der Waals surface area contributed by atoms with Crippen LogP contribution in [0.25, 0.3) is 0 Å². The number of carbonyl (C=O) groups excluding carboxylic acids is 1. The number of hydrogen-bond donors (Lipinski definition) is 5. The van der Waals surface area contributed by atoms with Crippen molar-refractivity contribution in [3.63, 3.8) is 0 Å². The van der Waals surface area contributed by atoms with Gasteiger partial charge < -0.3 is 26.2 Å². The van der Waals surface area contributed by atoms with Gasteiger partial charge in [0.15, 0.2) is 11.6 Å². The number of nitrogens with one attached hydrogen (secondary N) is 2. The van der Waals surface area contributed by atoms with Crippen LogP contribution in [0.1, 0.15) is 0 Å². The fourth-order valence-corrected chi connectivity index (χ4v) is 1.64. The number of aromatic amines is 1. The number of nitrogens with two attached hydrogens (primary N) is 1. The number of nitrogen functional groups attached to an aromatic ring is 1. The second-order valence-corrected chi connectivity index (χ2v) is 3.85. The van der Waals surface area contributed by atoms with Crippen LogP contribution in [0.2, 0.25) is 0 Å². The monoisotopic (exact) mass is 255 g/mol. The maximum atomic E-state index is 11.5. The fraction of sp³-hybridized carbons (Fsp3) is 0.444. The summed E-state index contributed by atoms with van der Waals surface area (Å²) < 4.78 is 0. The zero-order chi connectivity index (χ0) is 13.3. The first-order valence-electron chi connectivity index (χ1n) is 5.23. The molecule has 0 saturated carbocycles. The van der Waals surface area contributed by atoms with E-state index in [-0.39, 0.29) is 30.7 Å². The van der Waals surface area contributed by atoms with Crippen molar-refractivity contribution in [3.8, 4) is 0 Å². The van der Waals surface area contributed by atoms with Crippen molar-refractivity contribution in [1.29, 1.82) is 0 Å². The van der Waals surface area contributed by atoms with Gasteiger partial charge in [0.2, 0.25) is 5.95 Å². The van der Waals surface area contributed by atoms with Gasteiger partial charge in [-0.15, -0.1) is 0 Å². The minimum absolute atomic E-state index is 0.0531. The number of anilines is 3. The molecule has 0 bridgehead atoms. The Balaban J connectivity index is 2.22. The normalized spacial score (nSPS) is 15.1. The second kappa shape index (κ2) is 4.63. The molecule has 1 aliphatic rings. The van der Waals surface area contributed by atoms with Crippen molar-refractivity contribution < 1.29 is 15.0 Å². The maximum absolute atomic E-state index is 11.5. The van der Waals surface area contributed by atoms with Crippen LogP contribution in [0.5, 0.6) is 0 Å². The molecule has 0 saturated heterocycles. The van der Waals surface area contributed by atoms with Crippen molar-refractivity contribution in [2.24, 2.45) is 0 Å². The van der Waals surface area contributed by atoms with Crippen LogP contribution < -0.4 is 21.5 Å². The molecule has 0 aromatic carbocycles. The van der Waals surface area contributed by atoms with Crippen LogP contribution in [0.15, 0.2) is 4.79 Å². The van der Waals surface area contributed by atoms with Gasteiger partial charge in [-0.1, -0.05) is 0 Å². The first kappa shape index (κ1) is 12.3. The summed E-state index contributed by atoms with van der Waals surface area (Å²) in [6.07, 6.45) is -1.44. The Labute approximate surface area is 101 Å². The molecule has 2 heterocycles. The van der Waals surface area contributed by atoms with E-state index in [2.05, 4.69) is 15.3 Å². The summed E-state index contributed by atoms with van der Waals surface area (Å²) in [5.41, 5.74) is 5.23. The number of Topliss-reactive ketones (excluding diaryl/α,β-unsaturated/α-hetero) is 1. The van der Waals surface area contributed by atoms with E-state index in [9.17, 15) is 14.7 Å². The summed E-state index contributed by atoms with van der Waals surface area (Å²) in [5, 5.41) is 20.6. The zero-order valence-electron chi connectivity index (χ0n) is 9.38. The molecule has 1 unspecified atom stereocenters. The summed E-state index contributed by atoms with van der Waals surface area (Å²) >= 11 is 0. The van der Waals surface area contributed by atoms with Gasteiger partial charge in [-0.3, -0.25) is 14.6 Å². The van der Waals surface area contributed by atoms with Gasteiger partial charge in [0.25, 0.3) is 5.56 Å². The summed E-state index contributed by atoms with van der Waals surface area (Å²) in [5.74, 6) is -0.356. The van der Waals surface area contributed by atoms with Crippen LogP contribution >= 0.6 is 0 Å². The first-order valence-corrected chi connectivity index (χ1v) is 5.23. The third kappa shape index (κ3) is 2.13. The number of ketones is 1. The van der Waals surface area contributed by atoms with E-state index in [0.717, 1.165) is 0 Å². The Morgan fingerprint density at radius 3 is 3.00 bits per heavy atom. The Hall–Kier alpha value is -2.13. The fourth-order valence-electron chi connectivity index (χ4n) is 1.64. The van der Waals surface area contributed by atoms with Gasteiger partial charge >= 0.3 is 0 Å². The van der Waals surface area contributed by atoms with Crippen molar-refractivity contribution >= 4 is 23.2 Å². The van der Waals surface area contributed by atoms with Crippen molar-refractivity contribution in [1.82, 2.24) is 9.97 Å². The average Bonchev–Trinajstić information content (AvgIpc) is 2.71. The Bertz CT molecular complexity index is 528. The SMILES string of the molecule is Nc1nc2c(c(=O)[nH]1)NCN2CC(=O)C(O)CO. The molecule has 0 amide bonds. The average molecular weight is 255 g/mol. The molecule has 6 N–H and O–H groups in total. The van der Waals surface area contributed by atoms with Gasteiger partial charge in [-0.05, 0) is 0 Å². The number of hydrogen-bond acceptors (Lipinski definition) is 8. The molecule has 9 heteroatoms. The lowest BCUT2D eigenvalue weighted by Gasteiger charge is -2.17. The lowest BCUT2D eigenvalue weighted by atomic mass is 10.2. The lowest BCUT2D eigenvalue weighted by Crippen LogP contribution is -2.37. The van der Waals surface area contributed by atoms with Crippen molar-refractivity contribution in [3.05, 3.63) is 10.4 Å². The Morgan fingerprint density at radius 1 is 1.61 bits per heavy atom. The molecule has 1 aromatic rings. The summed E-state index contributed by atoms with van der Waals surface area (Å²) in [6, 6.07) is 0. The van der Waals surface area contributed by atoms with Crippen molar-refractivity contribution in [2.45, 2.75) is 6.10 Å². The third-order valence-corrected chi connectivity index (χ3v) is 2.56. The van der Waals surface area contributed by atoms with E-state index in [4.69, 9.17) is 10.8 Å². The molecular weight excluding hydrogens is 242 g/mol. The largest absolute Gasteiger partial charge is 0.393 e. The van der Waals surface area contributed by atoms with E-state index >= 15 is 0 Å². The summed E-state index contributed by atoms with van der Waals surface area (Å²) in [4.78, 5) is 30.7. The minimum atomic E-state index is -1.44. The predicted molar refractivity (Wildman–Crippen MR) is 63.2 cm³/mol. The zero-order valence-corrected chi connectivity index (χ0v) is 9.38. The molecule has 18 heavy (non-hydrogen) atoms. The van der Waals surface area contributed by atoms with E-state index in [1.165, 1.54) is 4.90 Å². The van der Waals surface area contributed by atoms with Crippen LogP contribution in [-0.2, 0) is 4.79 Å². The van der Waals surface area contributed by atoms with Gasteiger partial charge in [0, 0.05) is 0 Å². The maximum Gasteiger partial charge on any atom is 0.277 e. The van der Waals surface area contributed by atoms with Gasteiger partial charge in [-0.2, -0.15) is 4.98 Å². The predicted octanol–water partition coefficient (Wildman–Crippen LogP) is -2.54. The Morgan fingerprint density at radius 2 is 2.33 bits per heavy atom. The number of fused-ring (bicyclic) bond motifs is 1. The number of carbonyl (C=O) groups is 1. The molecular formula is C9H13N5O4. The molecule has 98 valence electrons. The highest BCUT2D eigenvalue weighted by atomic mass is 16.3. The van der Waals surface area contributed by atoms with Crippen LogP contribution in [0.3, 0.4) is 0 Å². The van der Waals surface area contributed by atoms with Gasteiger partial charge in [0.1, 0.15) is 11.8 Å². The van der Waals surface area contributed by atoms with Crippen LogP contribution in [-0.4, -0.2) is 51.9 Å². The quantitative estimate of drug-likeness (QED) is 0.396. The van der Waals surface area contributed by atoms with Crippen molar-refractivity contribution in [2.75, 3.05) is 35.8 Å². The van der Waals surface area contributed by atoms with Crippen LogP contribution in [0, 0.1) is 0 Å². The smallest absolute Gasteiger partial charge is 0.277 e. The topological polar surface area (TPSA) is 145 Å². The highest BCUT2D eigenvalue weighted by Crippen LogP contribution is 2.25. The molecule has 0 radical (unpaired) electrons. The third-order valence-electron chi connectivity index (χ3n) is 2.56. The second-order valence-electron chi connectivity index (χ2n) is 3.85. The molecule has 1 aromatic heterocycles.